The second-order valence-electron chi connectivity index (χ2n) is 10.5. The van der Waals surface area contributed by atoms with Crippen LogP contribution in [0.2, 0.25) is 5.02 Å². The van der Waals surface area contributed by atoms with E-state index in [4.69, 9.17) is 21.1 Å². The number of ether oxygens (including phenoxy) is 2. The fourth-order valence-electron chi connectivity index (χ4n) is 5.35. The molecule has 0 aliphatic carbocycles. The van der Waals surface area contributed by atoms with E-state index in [0.717, 1.165) is 0 Å². The van der Waals surface area contributed by atoms with Gasteiger partial charge in [0, 0.05) is 56.6 Å². The fourth-order valence-corrected chi connectivity index (χ4v) is 7.81. The third kappa shape index (κ3) is 6.39. The van der Waals surface area contributed by atoms with E-state index in [-0.39, 0.29) is 29.0 Å². The third-order valence-corrected chi connectivity index (χ3v) is 11.3. The van der Waals surface area contributed by atoms with Gasteiger partial charge in [0.1, 0.15) is 29.0 Å². The number of sulfonamides is 2. The summed E-state index contributed by atoms with van der Waals surface area (Å²) < 4.78 is 67.9. The van der Waals surface area contributed by atoms with Gasteiger partial charge in [-0.1, -0.05) is 17.7 Å². The molecule has 4 heterocycles. The van der Waals surface area contributed by atoms with Crippen LogP contribution in [-0.4, -0.2) is 93.4 Å². The molecule has 224 valence electrons. The van der Waals surface area contributed by atoms with Crippen molar-refractivity contribution in [3.63, 3.8) is 0 Å². The highest BCUT2D eigenvalue weighted by molar-refractivity contribution is 7.89. The minimum atomic E-state index is -3.74. The Morgan fingerprint density at radius 1 is 1.22 bits per heavy atom. The molecule has 2 aliphatic rings. The van der Waals surface area contributed by atoms with Crippen molar-refractivity contribution < 1.29 is 31.4 Å². The minimum Gasteiger partial charge on any atom is -0.491 e. The number of hydrogen-bond acceptors (Lipinski definition) is 9. The third-order valence-electron chi connectivity index (χ3n) is 7.69. The van der Waals surface area contributed by atoms with Gasteiger partial charge in [0.05, 0.1) is 22.1 Å². The Labute approximate surface area is 244 Å². The van der Waals surface area contributed by atoms with Gasteiger partial charge in [0.25, 0.3) is 0 Å². The molecule has 3 N–H and O–H groups in total. The molecule has 1 aromatic carbocycles. The second-order valence-corrected chi connectivity index (χ2v) is 14.7. The quantitative estimate of drug-likeness (QED) is 0.303. The molecule has 1 spiro atoms. The zero-order chi connectivity index (χ0) is 29.4. The van der Waals surface area contributed by atoms with Crippen molar-refractivity contribution in [1.29, 1.82) is 0 Å². The lowest BCUT2D eigenvalue weighted by molar-refractivity contribution is -0.0312. The summed E-state index contributed by atoms with van der Waals surface area (Å²) in [7, 11) is -4.19. The number of aliphatic hydroxyl groups is 1. The molecule has 1 unspecified atom stereocenters. The van der Waals surface area contributed by atoms with Crippen molar-refractivity contribution in [3.05, 3.63) is 47.7 Å². The molecule has 2 saturated heterocycles. The van der Waals surface area contributed by atoms with Crippen LogP contribution in [0, 0.1) is 0 Å². The average molecular weight is 628 g/mol. The first kappa shape index (κ1) is 30.2. The number of nitrogens with zero attached hydrogens (tertiary/aromatic N) is 3. The van der Waals surface area contributed by atoms with Crippen molar-refractivity contribution in [2.45, 2.75) is 46.8 Å². The van der Waals surface area contributed by atoms with Crippen LogP contribution in [0.5, 0.6) is 5.75 Å². The van der Waals surface area contributed by atoms with Gasteiger partial charge in [-0.2, -0.15) is 4.31 Å². The highest BCUT2D eigenvalue weighted by Gasteiger charge is 2.44. The standard InChI is InChI=1S/C26H34ClN5O7S2/c1-28-40(34,35)21-5-3-4-20(10-21)38-17-19(33)13-29-18-12-26(39-16-18)6-8-32(9-7-26)41(36,37)22-11-23-24(27)15-31(2)25(23)30-14-22/h3-5,10-11,14-15,18-19,28-29,33H,6-9,12-13,16-17H2,1-2H3/t18-,19?/m1/s1. The maximum Gasteiger partial charge on any atom is 0.244 e. The minimum absolute atomic E-state index is 0.00346. The summed E-state index contributed by atoms with van der Waals surface area (Å²) in [6.45, 7) is 1.35. The molecule has 0 saturated carbocycles. The molecule has 2 aliphatic heterocycles. The molecule has 0 radical (unpaired) electrons. The predicted molar refractivity (Wildman–Crippen MR) is 153 cm³/mol. The van der Waals surface area contributed by atoms with Gasteiger partial charge in [0.2, 0.25) is 20.0 Å². The fraction of sp³-hybridized carbons (Fsp3) is 0.500. The van der Waals surface area contributed by atoms with E-state index in [1.165, 1.54) is 29.7 Å². The lowest BCUT2D eigenvalue weighted by atomic mass is 9.88. The van der Waals surface area contributed by atoms with Crippen LogP contribution in [-0.2, 0) is 31.8 Å². The van der Waals surface area contributed by atoms with Crippen molar-refractivity contribution >= 4 is 42.7 Å². The maximum atomic E-state index is 13.4. The molecular formula is C26H34ClN5O7S2. The number of halogens is 1. The Morgan fingerprint density at radius 3 is 2.71 bits per heavy atom. The summed E-state index contributed by atoms with van der Waals surface area (Å²) in [4.78, 5) is 4.51. The normalized spacial score (nSPS) is 20.5. The average Bonchev–Trinajstić information content (AvgIpc) is 3.49. The number of piperidine rings is 1. The Kier molecular flexibility index (Phi) is 8.66. The van der Waals surface area contributed by atoms with Crippen molar-refractivity contribution in [3.8, 4) is 5.75 Å². The molecule has 3 aromatic rings. The summed E-state index contributed by atoms with van der Waals surface area (Å²) in [5, 5.41) is 14.8. The molecule has 2 fully saturated rings. The first-order valence-corrected chi connectivity index (χ1v) is 16.6. The Morgan fingerprint density at radius 2 is 1.98 bits per heavy atom. The monoisotopic (exact) mass is 627 g/mol. The van der Waals surface area contributed by atoms with Crippen LogP contribution in [0.15, 0.2) is 52.5 Å². The number of aromatic nitrogens is 2. The second kappa shape index (κ2) is 11.8. The van der Waals surface area contributed by atoms with Crippen LogP contribution in [0.1, 0.15) is 19.3 Å². The lowest BCUT2D eigenvalue weighted by Gasteiger charge is -2.38. The van der Waals surface area contributed by atoms with E-state index in [2.05, 4.69) is 15.0 Å². The Balaban J connectivity index is 1.10. The SMILES string of the molecule is CNS(=O)(=O)c1cccc(OCC(O)CN[C@H]2COC3(CCN(S(=O)(=O)c4cnc5c(c4)c(Cl)cn5C)CC3)C2)c1. The highest BCUT2D eigenvalue weighted by atomic mass is 35.5. The van der Waals surface area contributed by atoms with Crippen LogP contribution < -0.4 is 14.8 Å². The molecule has 0 amide bonds. The highest BCUT2D eigenvalue weighted by Crippen LogP contribution is 2.38. The molecule has 2 atom stereocenters. The first-order chi connectivity index (χ1) is 19.4. The van der Waals surface area contributed by atoms with E-state index in [9.17, 15) is 21.9 Å². The van der Waals surface area contributed by atoms with E-state index in [1.807, 2.05) is 0 Å². The van der Waals surface area contributed by atoms with E-state index in [1.54, 1.807) is 36.0 Å². The molecule has 2 aromatic heterocycles. The number of nitrogens with one attached hydrogen (secondary N) is 2. The molecule has 0 bridgehead atoms. The van der Waals surface area contributed by atoms with Crippen LogP contribution in [0.4, 0.5) is 0 Å². The Bertz CT molecular complexity index is 1620. The van der Waals surface area contributed by atoms with Crippen LogP contribution >= 0.6 is 11.6 Å². The number of aliphatic hydroxyl groups excluding tert-OH is 1. The van der Waals surface area contributed by atoms with Crippen molar-refractivity contribution in [2.75, 3.05) is 39.9 Å². The maximum absolute atomic E-state index is 13.4. The zero-order valence-corrected chi connectivity index (χ0v) is 25.2. The van der Waals surface area contributed by atoms with Gasteiger partial charge in [-0.15, -0.1) is 0 Å². The number of pyridine rings is 1. The van der Waals surface area contributed by atoms with E-state index < -0.39 is 31.8 Å². The smallest absolute Gasteiger partial charge is 0.244 e. The summed E-state index contributed by atoms with van der Waals surface area (Å²) in [5.41, 5.74) is 0.199. The summed E-state index contributed by atoms with van der Waals surface area (Å²) in [5.74, 6) is 0.341. The van der Waals surface area contributed by atoms with Gasteiger partial charge < -0.3 is 24.5 Å². The van der Waals surface area contributed by atoms with Crippen molar-refractivity contribution in [1.82, 2.24) is 23.9 Å². The van der Waals surface area contributed by atoms with Crippen molar-refractivity contribution in [2.24, 2.45) is 7.05 Å². The van der Waals surface area contributed by atoms with Gasteiger partial charge in [-0.25, -0.2) is 26.5 Å². The molecule has 15 heteroatoms. The van der Waals surface area contributed by atoms with E-state index >= 15 is 0 Å². The molecule has 5 rings (SSSR count). The van der Waals surface area contributed by atoms with Gasteiger partial charge >= 0.3 is 0 Å². The number of hydrogen-bond donors (Lipinski definition) is 3. The first-order valence-electron chi connectivity index (χ1n) is 13.2. The summed E-state index contributed by atoms with van der Waals surface area (Å²) >= 11 is 6.26. The zero-order valence-electron chi connectivity index (χ0n) is 22.8. The summed E-state index contributed by atoms with van der Waals surface area (Å²) in [6, 6.07) is 7.64. The predicted octanol–water partition coefficient (Wildman–Crippen LogP) is 1.48. The number of benzene rings is 1. The van der Waals surface area contributed by atoms with Crippen LogP contribution in [0.25, 0.3) is 11.0 Å². The van der Waals surface area contributed by atoms with Crippen LogP contribution in [0.3, 0.4) is 0 Å². The van der Waals surface area contributed by atoms with Gasteiger partial charge in [-0.3, -0.25) is 0 Å². The van der Waals surface area contributed by atoms with Gasteiger partial charge in [-0.05, 0) is 44.5 Å². The van der Waals surface area contributed by atoms with Gasteiger partial charge in [0.15, 0.2) is 0 Å². The molecular weight excluding hydrogens is 594 g/mol. The summed E-state index contributed by atoms with van der Waals surface area (Å²) in [6.07, 6.45) is 4.07. The Hall–Kier alpha value is -2.30. The number of rotatable bonds is 10. The molecule has 12 nitrogen and oxygen atoms in total. The topological polar surface area (TPSA) is 152 Å². The molecule has 41 heavy (non-hydrogen) atoms. The largest absolute Gasteiger partial charge is 0.491 e. The number of fused-ring (bicyclic) bond motifs is 1. The number of aryl methyl sites for hydroxylation is 1. The lowest BCUT2D eigenvalue weighted by Crippen LogP contribution is -2.47. The van der Waals surface area contributed by atoms with E-state index in [0.29, 0.717) is 60.8 Å².